The predicted octanol–water partition coefficient (Wildman–Crippen LogP) is 3.56. The van der Waals surface area contributed by atoms with Crippen LogP contribution in [0.5, 0.6) is 0 Å². The van der Waals surface area contributed by atoms with Crippen molar-refractivity contribution in [1.82, 2.24) is 0 Å². The van der Waals surface area contributed by atoms with Gasteiger partial charge in [0, 0.05) is 6.42 Å². The smallest absolute Gasteiger partial charge is 0.142 e. The van der Waals surface area contributed by atoms with Gasteiger partial charge in [-0.05, 0) is 30.0 Å². The number of hydrogen-bond donors (Lipinski definition) is 0. The third-order valence-electron chi connectivity index (χ3n) is 2.29. The Labute approximate surface area is 87.9 Å². The maximum atomic E-state index is 13.1. The Hall–Kier alpha value is -0.890. The second-order valence-corrected chi connectivity index (χ2v) is 3.59. The van der Waals surface area contributed by atoms with Crippen molar-refractivity contribution < 1.29 is 9.18 Å². The van der Waals surface area contributed by atoms with Crippen molar-refractivity contribution in [1.29, 1.82) is 0 Å². The lowest BCUT2D eigenvalue weighted by molar-refractivity contribution is -0.108. The quantitative estimate of drug-likeness (QED) is 0.701. The summed E-state index contributed by atoms with van der Waals surface area (Å²) < 4.78 is 13.1. The van der Waals surface area contributed by atoms with E-state index in [9.17, 15) is 9.18 Å². The minimum Gasteiger partial charge on any atom is -0.303 e. The number of benzene rings is 1. The van der Waals surface area contributed by atoms with Gasteiger partial charge in [-0.3, -0.25) is 0 Å². The first-order chi connectivity index (χ1) is 6.69. The zero-order valence-electron chi connectivity index (χ0n) is 7.97. The van der Waals surface area contributed by atoms with Gasteiger partial charge in [-0.15, -0.1) is 0 Å². The molecule has 1 nitrogen and oxygen atoms in total. The molecule has 0 N–H and O–H groups in total. The molecule has 1 aromatic rings. The highest BCUT2D eigenvalue weighted by Crippen LogP contribution is 2.25. The molecule has 1 unspecified atom stereocenters. The molecular weight excluding hydrogens is 203 g/mol. The Bertz CT molecular complexity index is 325. The van der Waals surface area contributed by atoms with Crippen molar-refractivity contribution >= 4 is 17.9 Å². The summed E-state index contributed by atoms with van der Waals surface area (Å²) in [5, 5.41) is 0.120. The molecule has 1 atom stereocenters. The average Bonchev–Trinajstić information content (AvgIpc) is 2.19. The van der Waals surface area contributed by atoms with Gasteiger partial charge in [0.15, 0.2) is 0 Å². The summed E-state index contributed by atoms with van der Waals surface area (Å²) in [5.74, 6) is -0.326. The normalized spacial score (nSPS) is 12.5. The van der Waals surface area contributed by atoms with E-state index in [0.717, 1.165) is 18.3 Å². The van der Waals surface area contributed by atoms with Crippen LogP contribution in [0.2, 0.25) is 5.02 Å². The molecule has 0 amide bonds. The molecule has 76 valence electrons. The molecule has 0 radical (unpaired) electrons. The standard InChI is InChI=1S/C11H12ClFO/c1-2-8(5-6-14)9-3-4-10(12)11(13)7-9/h3-4,6-8H,2,5H2,1H3. The molecular formula is C11H12ClFO. The molecule has 1 aromatic carbocycles. The SMILES string of the molecule is CCC(CC=O)c1ccc(Cl)c(F)c1. The monoisotopic (exact) mass is 214 g/mol. The second kappa shape index (κ2) is 5.11. The van der Waals surface area contributed by atoms with Crippen molar-refractivity contribution in [2.45, 2.75) is 25.7 Å². The van der Waals surface area contributed by atoms with Gasteiger partial charge in [-0.2, -0.15) is 0 Å². The van der Waals surface area contributed by atoms with Crippen molar-refractivity contribution in [3.63, 3.8) is 0 Å². The van der Waals surface area contributed by atoms with E-state index in [-0.39, 0.29) is 10.9 Å². The van der Waals surface area contributed by atoms with E-state index in [4.69, 9.17) is 11.6 Å². The van der Waals surface area contributed by atoms with Crippen LogP contribution in [-0.4, -0.2) is 6.29 Å². The minimum absolute atomic E-state index is 0.0965. The zero-order chi connectivity index (χ0) is 10.6. The fraction of sp³-hybridized carbons (Fsp3) is 0.364. The molecule has 0 aliphatic rings. The molecule has 1 rings (SSSR count). The summed E-state index contributed by atoms with van der Waals surface area (Å²) in [4.78, 5) is 10.4. The highest BCUT2D eigenvalue weighted by atomic mass is 35.5. The van der Waals surface area contributed by atoms with Crippen LogP contribution in [0.25, 0.3) is 0 Å². The summed E-state index contributed by atoms with van der Waals surface area (Å²) in [7, 11) is 0. The van der Waals surface area contributed by atoms with E-state index in [0.29, 0.717) is 6.42 Å². The van der Waals surface area contributed by atoms with Gasteiger partial charge in [0.05, 0.1) is 5.02 Å². The van der Waals surface area contributed by atoms with E-state index in [1.54, 1.807) is 6.07 Å². The van der Waals surface area contributed by atoms with Gasteiger partial charge in [0.25, 0.3) is 0 Å². The van der Waals surface area contributed by atoms with Crippen molar-refractivity contribution in [3.05, 3.63) is 34.6 Å². The molecule has 14 heavy (non-hydrogen) atoms. The van der Waals surface area contributed by atoms with Gasteiger partial charge in [-0.1, -0.05) is 24.6 Å². The topological polar surface area (TPSA) is 17.1 Å². The van der Waals surface area contributed by atoms with Crippen molar-refractivity contribution in [3.8, 4) is 0 Å². The highest BCUT2D eigenvalue weighted by molar-refractivity contribution is 6.30. The van der Waals surface area contributed by atoms with Crippen LogP contribution >= 0.6 is 11.6 Å². The number of hydrogen-bond acceptors (Lipinski definition) is 1. The van der Waals surface area contributed by atoms with E-state index in [2.05, 4.69) is 0 Å². The summed E-state index contributed by atoms with van der Waals surface area (Å²) >= 11 is 5.56. The first-order valence-electron chi connectivity index (χ1n) is 4.57. The highest BCUT2D eigenvalue weighted by Gasteiger charge is 2.10. The van der Waals surface area contributed by atoms with E-state index in [1.165, 1.54) is 12.1 Å². The third-order valence-corrected chi connectivity index (χ3v) is 2.60. The summed E-state index contributed by atoms with van der Waals surface area (Å²) in [5.41, 5.74) is 0.835. The van der Waals surface area contributed by atoms with E-state index >= 15 is 0 Å². The maximum absolute atomic E-state index is 13.1. The number of halogens is 2. The van der Waals surface area contributed by atoms with Gasteiger partial charge in [-0.25, -0.2) is 4.39 Å². The summed E-state index contributed by atoms with van der Waals surface area (Å²) in [6.45, 7) is 1.97. The molecule has 0 fully saturated rings. The summed E-state index contributed by atoms with van der Waals surface area (Å²) in [6.07, 6.45) is 2.11. The molecule has 0 aliphatic heterocycles. The lowest BCUT2D eigenvalue weighted by Crippen LogP contribution is -1.98. The predicted molar refractivity (Wildman–Crippen MR) is 55.1 cm³/mol. The van der Waals surface area contributed by atoms with Crippen LogP contribution in [0.1, 0.15) is 31.2 Å². The Morgan fingerprint density at radius 2 is 2.29 bits per heavy atom. The molecule has 0 spiro atoms. The number of carbonyl (C=O) groups is 1. The molecule has 0 bridgehead atoms. The largest absolute Gasteiger partial charge is 0.303 e. The van der Waals surface area contributed by atoms with Gasteiger partial charge in [0.1, 0.15) is 12.1 Å². The average molecular weight is 215 g/mol. The molecule has 0 aromatic heterocycles. The summed E-state index contributed by atoms with van der Waals surface area (Å²) in [6, 6.07) is 4.70. The van der Waals surface area contributed by atoms with Gasteiger partial charge in [0.2, 0.25) is 0 Å². The van der Waals surface area contributed by atoms with Crippen LogP contribution in [0.4, 0.5) is 4.39 Å². The third kappa shape index (κ3) is 2.55. The Morgan fingerprint density at radius 1 is 1.57 bits per heavy atom. The second-order valence-electron chi connectivity index (χ2n) is 3.18. The van der Waals surface area contributed by atoms with Crippen LogP contribution in [0, 0.1) is 5.82 Å². The lowest BCUT2D eigenvalue weighted by Gasteiger charge is -2.11. The van der Waals surface area contributed by atoms with Gasteiger partial charge >= 0.3 is 0 Å². The van der Waals surface area contributed by atoms with Crippen molar-refractivity contribution in [2.24, 2.45) is 0 Å². The fourth-order valence-corrected chi connectivity index (χ4v) is 1.54. The molecule has 0 aliphatic carbocycles. The number of aldehydes is 1. The molecule has 0 saturated heterocycles. The minimum atomic E-state index is -0.423. The molecule has 0 heterocycles. The van der Waals surface area contributed by atoms with Crippen LogP contribution < -0.4 is 0 Å². The van der Waals surface area contributed by atoms with E-state index < -0.39 is 5.82 Å². The van der Waals surface area contributed by atoms with Crippen molar-refractivity contribution in [2.75, 3.05) is 0 Å². The van der Waals surface area contributed by atoms with Crippen LogP contribution in [0.15, 0.2) is 18.2 Å². The first-order valence-corrected chi connectivity index (χ1v) is 4.95. The van der Waals surface area contributed by atoms with Gasteiger partial charge < -0.3 is 4.79 Å². The Morgan fingerprint density at radius 3 is 2.79 bits per heavy atom. The van der Waals surface area contributed by atoms with Crippen LogP contribution in [0.3, 0.4) is 0 Å². The molecule has 3 heteroatoms. The zero-order valence-corrected chi connectivity index (χ0v) is 8.72. The Balaban J connectivity index is 2.93. The molecule has 0 saturated carbocycles. The van der Waals surface area contributed by atoms with Crippen LogP contribution in [-0.2, 0) is 4.79 Å². The number of carbonyl (C=O) groups excluding carboxylic acids is 1. The number of rotatable bonds is 4. The Kier molecular flexibility index (Phi) is 4.08. The maximum Gasteiger partial charge on any atom is 0.142 e. The first kappa shape index (κ1) is 11.2. The fourth-order valence-electron chi connectivity index (χ4n) is 1.42. The van der Waals surface area contributed by atoms with E-state index in [1.807, 2.05) is 6.92 Å². The lowest BCUT2D eigenvalue weighted by atomic mass is 9.94.